The number of benzene rings is 1. The van der Waals surface area contributed by atoms with Crippen LogP contribution in [-0.4, -0.2) is 12.4 Å². The Labute approximate surface area is 103 Å². The van der Waals surface area contributed by atoms with E-state index in [9.17, 15) is 4.79 Å². The van der Waals surface area contributed by atoms with E-state index in [1.807, 2.05) is 12.1 Å². The summed E-state index contributed by atoms with van der Waals surface area (Å²) < 4.78 is 5.36. The smallest absolute Gasteiger partial charge is 0.167 e. The van der Waals surface area contributed by atoms with Gasteiger partial charge < -0.3 is 4.74 Å². The molecule has 0 unspecified atom stereocenters. The van der Waals surface area contributed by atoms with E-state index in [2.05, 4.69) is 12.1 Å². The average Bonchev–Trinajstić information content (AvgIpc) is 2.38. The third-order valence-corrected chi connectivity index (χ3v) is 3.40. The number of hydrogen-bond acceptors (Lipinski definition) is 2. The highest BCUT2D eigenvalue weighted by Gasteiger charge is 2.15. The second kappa shape index (κ2) is 5.85. The second-order valence-electron chi connectivity index (χ2n) is 4.89. The van der Waals surface area contributed by atoms with Crippen molar-refractivity contribution in [1.29, 1.82) is 0 Å². The maximum atomic E-state index is 10.8. The molecule has 0 bridgehead atoms. The van der Waals surface area contributed by atoms with Crippen LogP contribution in [0.25, 0.3) is 0 Å². The molecule has 17 heavy (non-hydrogen) atoms. The molecule has 0 heterocycles. The molecular formula is C15H20O2. The summed E-state index contributed by atoms with van der Waals surface area (Å²) >= 11 is 0. The van der Waals surface area contributed by atoms with Crippen molar-refractivity contribution in [3.05, 3.63) is 29.8 Å². The average molecular weight is 232 g/mol. The first kappa shape index (κ1) is 12.2. The molecule has 1 fully saturated rings. The van der Waals surface area contributed by atoms with Gasteiger partial charge in [-0.1, -0.05) is 31.4 Å². The van der Waals surface area contributed by atoms with Crippen molar-refractivity contribution in [1.82, 2.24) is 0 Å². The van der Waals surface area contributed by atoms with Gasteiger partial charge in [0.25, 0.3) is 0 Å². The molecule has 1 aromatic rings. The minimum Gasteiger partial charge on any atom is -0.486 e. The topological polar surface area (TPSA) is 26.3 Å². The zero-order valence-corrected chi connectivity index (χ0v) is 10.4. The maximum absolute atomic E-state index is 10.8. The van der Waals surface area contributed by atoms with Gasteiger partial charge in [0, 0.05) is 0 Å². The summed E-state index contributed by atoms with van der Waals surface area (Å²) in [6, 6.07) is 8.25. The van der Waals surface area contributed by atoms with Crippen molar-refractivity contribution in [2.45, 2.75) is 44.9 Å². The number of rotatable bonds is 4. The Kier molecular flexibility index (Phi) is 4.18. The van der Waals surface area contributed by atoms with Gasteiger partial charge >= 0.3 is 0 Å². The van der Waals surface area contributed by atoms with E-state index in [-0.39, 0.29) is 12.4 Å². The monoisotopic (exact) mass is 232 g/mol. The van der Waals surface area contributed by atoms with Crippen LogP contribution in [0, 0.1) is 0 Å². The summed E-state index contributed by atoms with van der Waals surface area (Å²) in [6.07, 6.45) is 6.72. The Bertz CT molecular complexity index is 361. The Morgan fingerprint density at radius 2 is 1.82 bits per heavy atom. The molecule has 0 N–H and O–H groups in total. The van der Waals surface area contributed by atoms with Crippen LogP contribution in [0.3, 0.4) is 0 Å². The fourth-order valence-corrected chi connectivity index (χ4v) is 2.46. The number of ether oxygens (including phenoxy) is 1. The van der Waals surface area contributed by atoms with E-state index in [0.29, 0.717) is 0 Å². The van der Waals surface area contributed by atoms with Crippen LogP contribution >= 0.6 is 0 Å². The highest BCUT2D eigenvalue weighted by molar-refractivity contribution is 5.77. The highest BCUT2D eigenvalue weighted by atomic mass is 16.5. The van der Waals surface area contributed by atoms with Crippen molar-refractivity contribution in [2.24, 2.45) is 0 Å². The molecule has 1 aromatic carbocycles. The fraction of sp³-hybridized carbons (Fsp3) is 0.533. The van der Waals surface area contributed by atoms with Crippen LogP contribution in [0.2, 0.25) is 0 Å². The molecule has 2 rings (SSSR count). The van der Waals surface area contributed by atoms with E-state index in [1.54, 1.807) is 0 Å². The van der Waals surface area contributed by atoms with Crippen LogP contribution in [0.5, 0.6) is 5.75 Å². The van der Waals surface area contributed by atoms with E-state index in [1.165, 1.54) is 44.6 Å². The van der Waals surface area contributed by atoms with Crippen LogP contribution < -0.4 is 4.74 Å². The number of ketones is 1. The Hall–Kier alpha value is -1.31. The number of Topliss-reactive ketones (excluding diaryl/α,β-unsaturated/α-hetero) is 1. The first-order chi connectivity index (χ1) is 8.25. The van der Waals surface area contributed by atoms with E-state index in [4.69, 9.17) is 4.74 Å². The molecule has 0 saturated heterocycles. The summed E-state index contributed by atoms with van der Waals surface area (Å²) in [5.74, 6) is 1.58. The van der Waals surface area contributed by atoms with Crippen LogP contribution in [0.4, 0.5) is 0 Å². The summed E-state index contributed by atoms with van der Waals surface area (Å²) in [5, 5.41) is 0. The summed E-state index contributed by atoms with van der Waals surface area (Å²) in [6.45, 7) is 1.71. The zero-order chi connectivity index (χ0) is 12.1. The predicted molar refractivity (Wildman–Crippen MR) is 68.4 cm³/mol. The molecule has 0 atom stereocenters. The van der Waals surface area contributed by atoms with Gasteiger partial charge in [0.15, 0.2) is 5.78 Å². The molecule has 2 nitrogen and oxygen atoms in total. The van der Waals surface area contributed by atoms with Gasteiger partial charge in [0.1, 0.15) is 12.4 Å². The molecular weight excluding hydrogens is 212 g/mol. The maximum Gasteiger partial charge on any atom is 0.167 e. The van der Waals surface area contributed by atoms with Crippen LogP contribution in [0.1, 0.15) is 50.5 Å². The van der Waals surface area contributed by atoms with E-state index >= 15 is 0 Å². The molecule has 1 aliphatic rings. The molecule has 2 heteroatoms. The van der Waals surface area contributed by atoms with Crippen molar-refractivity contribution in [3.8, 4) is 5.75 Å². The Morgan fingerprint density at radius 1 is 1.18 bits per heavy atom. The van der Waals surface area contributed by atoms with Gasteiger partial charge in [-0.25, -0.2) is 0 Å². The molecule has 0 spiro atoms. The third-order valence-electron chi connectivity index (χ3n) is 3.40. The lowest BCUT2D eigenvalue weighted by molar-refractivity contribution is -0.118. The number of hydrogen-bond donors (Lipinski definition) is 0. The normalized spacial score (nSPS) is 16.8. The molecule has 1 saturated carbocycles. The van der Waals surface area contributed by atoms with Gasteiger partial charge in [0.2, 0.25) is 0 Å². The van der Waals surface area contributed by atoms with Gasteiger partial charge in [-0.2, -0.15) is 0 Å². The predicted octanol–water partition coefficient (Wildman–Crippen LogP) is 3.70. The largest absolute Gasteiger partial charge is 0.486 e. The Balaban J connectivity index is 1.94. The molecule has 1 aliphatic carbocycles. The number of carbonyl (C=O) groups is 1. The standard InChI is InChI=1S/C15H20O2/c1-12(16)11-17-15-9-7-14(8-10-15)13-5-3-2-4-6-13/h7-10,13H,2-6,11H2,1H3. The minimum atomic E-state index is 0.0568. The van der Waals surface area contributed by atoms with Crippen molar-refractivity contribution in [3.63, 3.8) is 0 Å². The second-order valence-corrected chi connectivity index (χ2v) is 4.89. The molecule has 0 amide bonds. The van der Waals surface area contributed by atoms with Gasteiger partial charge in [-0.15, -0.1) is 0 Å². The highest BCUT2D eigenvalue weighted by Crippen LogP contribution is 2.33. The summed E-state index contributed by atoms with van der Waals surface area (Å²) in [5.41, 5.74) is 1.42. The first-order valence-electron chi connectivity index (χ1n) is 6.48. The van der Waals surface area contributed by atoms with Crippen molar-refractivity contribution in [2.75, 3.05) is 6.61 Å². The molecule has 92 valence electrons. The lowest BCUT2D eigenvalue weighted by Gasteiger charge is -2.22. The number of carbonyl (C=O) groups excluding carboxylic acids is 1. The van der Waals surface area contributed by atoms with Gasteiger partial charge in [0.05, 0.1) is 0 Å². The quantitative estimate of drug-likeness (QED) is 0.791. The SMILES string of the molecule is CC(=O)COc1ccc(C2CCCCC2)cc1. The molecule has 0 aromatic heterocycles. The third kappa shape index (κ3) is 3.58. The Morgan fingerprint density at radius 3 is 2.41 bits per heavy atom. The van der Waals surface area contributed by atoms with Gasteiger partial charge in [-0.05, 0) is 43.4 Å². The van der Waals surface area contributed by atoms with Gasteiger partial charge in [-0.3, -0.25) is 4.79 Å². The van der Waals surface area contributed by atoms with Crippen LogP contribution in [-0.2, 0) is 4.79 Å². The summed E-state index contributed by atoms with van der Waals surface area (Å²) in [4.78, 5) is 10.8. The minimum absolute atomic E-state index is 0.0568. The first-order valence-corrected chi connectivity index (χ1v) is 6.48. The van der Waals surface area contributed by atoms with Crippen molar-refractivity contribution < 1.29 is 9.53 Å². The van der Waals surface area contributed by atoms with Crippen molar-refractivity contribution >= 4 is 5.78 Å². The van der Waals surface area contributed by atoms with E-state index in [0.717, 1.165) is 11.7 Å². The lowest BCUT2D eigenvalue weighted by atomic mass is 9.84. The lowest BCUT2D eigenvalue weighted by Crippen LogP contribution is -2.07. The fourth-order valence-electron chi connectivity index (χ4n) is 2.46. The molecule has 0 radical (unpaired) electrons. The van der Waals surface area contributed by atoms with E-state index < -0.39 is 0 Å². The molecule has 0 aliphatic heterocycles. The van der Waals surface area contributed by atoms with Crippen LogP contribution in [0.15, 0.2) is 24.3 Å². The zero-order valence-electron chi connectivity index (χ0n) is 10.4. The summed E-state index contributed by atoms with van der Waals surface area (Å²) in [7, 11) is 0.